The lowest BCUT2D eigenvalue weighted by Crippen LogP contribution is -2.70. The van der Waals surface area contributed by atoms with Crippen molar-refractivity contribution in [2.45, 2.75) is 45.8 Å². The van der Waals surface area contributed by atoms with Crippen LogP contribution in [0.5, 0.6) is 0 Å². The Bertz CT molecular complexity index is 371. The van der Waals surface area contributed by atoms with E-state index in [1.165, 1.54) is 6.42 Å². The number of hydrogen-bond acceptors (Lipinski definition) is 3. The maximum atomic E-state index is 12.4. The highest BCUT2D eigenvalue weighted by Crippen LogP contribution is 2.51. The van der Waals surface area contributed by atoms with Gasteiger partial charge in [-0.15, -0.1) is 12.4 Å². The molecule has 5 heteroatoms. The van der Waals surface area contributed by atoms with Gasteiger partial charge >= 0.3 is 0 Å². The Hall–Kier alpha value is -0.320. The summed E-state index contributed by atoms with van der Waals surface area (Å²) in [5.74, 6) is 1.40. The average molecular weight is 303 g/mol. The van der Waals surface area contributed by atoms with Crippen LogP contribution in [0, 0.1) is 23.2 Å². The number of amides is 1. The molecule has 2 aliphatic heterocycles. The van der Waals surface area contributed by atoms with E-state index in [4.69, 9.17) is 4.74 Å². The number of halogens is 1. The Balaban J connectivity index is 0.00000147. The van der Waals surface area contributed by atoms with Gasteiger partial charge in [-0.05, 0) is 31.8 Å². The molecule has 0 aromatic rings. The first-order chi connectivity index (χ1) is 9.01. The molecule has 0 spiro atoms. The molecule has 2 N–H and O–H groups in total. The van der Waals surface area contributed by atoms with Crippen molar-refractivity contribution in [2.75, 3.05) is 19.7 Å². The lowest BCUT2D eigenvalue weighted by molar-refractivity contribution is -0.194. The molecule has 2 heterocycles. The second-order valence-corrected chi connectivity index (χ2v) is 7.11. The van der Waals surface area contributed by atoms with Crippen LogP contribution in [0.2, 0.25) is 0 Å². The summed E-state index contributed by atoms with van der Waals surface area (Å²) in [6.45, 7) is 9.35. The fourth-order valence-electron chi connectivity index (χ4n) is 3.98. The predicted molar refractivity (Wildman–Crippen MR) is 80.9 cm³/mol. The topological polar surface area (TPSA) is 50.4 Å². The Kier molecular flexibility index (Phi) is 4.67. The second-order valence-electron chi connectivity index (χ2n) is 7.11. The van der Waals surface area contributed by atoms with Crippen LogP contribution in [0.25, 0.3) is 0 Å². The van der Waals surface area contributed by atoms with Gasteiger partial charge in [0.15, 0.2) is 0 Å². The van der Waals surface area contributed by atoms with Crippen molar-refractivity contribution in [3.63, 3.8) is 0 Å². The molecular weight excluding hydrogens is 276 g/mol. The molecule has 0 aromatic heterocycles. The molecule has 1 amide bonds. The van der Waals surface area contributed by atoms with Gasteiger partial charge in [-0.25, -0.2) is 0 Å². The summed E-state index contributed by atoms with van der Waals surface area (Å²) >= 11 is 0. The van der Waals surface area contributed by atoms with Gasteiger partial charge in [0, 0.05) is 29.9 Å². The minimum absolute atomic E-state index is 0. The molecule has 0 radical (unpaired) electrons. The number of ether oxygens (including phenoxy) is 1. The van der Waals surface area contributed by atoms with Gasteiger partial charge in [0.1, 0.15) is 0 Å². The molecule has 20 heavy (non-hydrogen) atoms. The summed E-state index contributed by atoms with van der Waals surface area (Å²) < 4.78 is 5.88. The third-order valence-electron chi connectivity index (χ3n) is 5.56. The van der Waals surface area contributed by atoms with Crippen LogP contribution in [-0.4, -0.2) is 37.7 Å². The van der Waals surface area contributed by atoms with Crippen LogP contribution in [0.3, 0.4) is 0 Å². The van der Waals surface area contributed by atoms with Crippen molar-refractivity contribution in [3.05, 3.63) is 0 Å². The maximum absolute atomic E-state index is 12.4. The van der Waals surface area contributed by atoms with Gasteiger partial charge in [-0.1, -0.05) is 20.8 Å². The molecule has 4 atom stereocenters. The highest BCUT2D eigenvalue weighted by molar-refractivity contribution is 5.85. The van der Waals surface area contributed by atoms with Crippen molar-refractivity contribution in [2.24, 2.45) is 23.2 Å². The fraction of sp³-hybridized carbons (Fsp3) is 0.933. The smallest absolute Gasteiger partial charge is 0.223 e. The summed E-state index contributed by atoms with van der Waals surface area (Å²) in [6, 6.07) is 0.292. The van der Waals surface area contributed by atoms with Crippen molar-refractivity contribution >= 4 is 18.3 Å². The van der Waals surface area contributed by atoms with Gasteiger partial charge in [0.2, 0.25) is 5.91 Å². The lowest BCUT2D eigenvalue weighted by Gasteiger charge is -2.60. The van der Waals surface area contributed by atoms with E-state index in [2.05, 4.69) is 31.4 Å². The van der Waals surface area contributed by atoms with E-state index < -0.39 is 0 Å². The number of nitrogens with one attached hydrogen (secondary N) is 2. The van der Waals surface area contributed by atoms with E-state index in [1.54, 1.807) is 0 Å². The molecule has 3 fully saturated rings. The van der Waals surface area contributed by atoms with Gasteiger partial charge in [-0.2, -0.15) is 0 Å². The summed E-state index contributed by atoms with van der Waals surface area (Å²) in [6.07, 6.45) is 2.66. The zero-order valence-electron chi connectivity index (χ0n) is 12.6. The first kappa shape index (κ1) is 16.1. The number of carbonyl (C=O) groups is 1. The molecule has 0 aromatic carbocycles. The SMILES string of the molecule is CC(C(=O)NC1C2CCCOC2C1(C)C)C1CNC1.Cl. The van der Waals surface area contributed by atoms with Gasteiger partial charge in [0.25, 0.3) is 0 Å². The van der Waals surface area contributed by atoms with Gasteiger partial charge in [-0.3, -0.25) is 4.79 Å². The molecular formula is C15H27ClN2O2. The molecule has 4 nitrogen and oxygen atoms in total. The Morgan fingerprint density at radius 2 is 2.10 bits per heavy atom. The summed E-state index contributed by atoms with van der Waals surface area (Å²) in [5, 5.41) is 6.55. The quantitative estimate of drug-likeness (QED) is 0.832. The molecule has 2 saturated heterocycles. The average Bonchev–Trinajstić information content (AvgIpc) is 2.33. The number of rotatable bonds is 3. The van der Waals surface area contributed by atoms with Crippen molar-refractivity contribution in [3.8, 4) is 0 Å². The van der Waals surface area contributed by atoms with Crippen LogP contribution < -0.4 is 10.6 Å². The van der Waals surface area contributed by atoms with E-state index in [1.807, 2.05) is 0 Å². The zero-order chi connectivity index (χ0) is 13.6. The molecule has 1 saturated carbocycles. The van der Waals surface area contributed by atoms with Gasteiger partial charge in [0.05, 0.1) is 6.10 Å². The van der Waals surface area contributed by atoms with E-state index >= 15 is 0 Å². The first-order valence-corrected chi connectivity index (χ1v) is 7.64. The van der Waals surface area contributed by atoms with E-state index in [0.29, 0.717) is 24.0 Å². The standard InChI is InChI=1S/C15H26N2O2.ClH/c1-9(10-7-16-8-10)14(18)17-12-11-5-4-6-19-13(11)15(12,2)3;/h9-13,16H,4-8H2,1-3H3,(H,17,18);1H. The third kappa shape index (κ3) is 2.46. The van der Waals surface area contributed by atoms with Crippen molar-refractivity contribution in [1.82, 2.24) is 10.6 Å². The van der Waals surface area contributed by atoms with Crippen LogP contribution in [0.4, 0.5) is 0 Å². The Morgan fingerprint density at radius 3 is 2.70 bits per heavy atom. The molecule has 0 bridgehead atoms. The third-order valence-corrected chi connectivity index (χ3v) is 5.56. The number of carbonyl (C=O) groups excluding carboxylic acids is 1. The van der Waals surface area contributed by atoms with Gasteiger partial charge < -0.3 is 15.4 Å². The number of fused-ring (bicyclic) bond motifs is 1. The molecule has 1 aliphatic carbocycles. The van der Waals surface area contributed by atoms with E-state index in [9.17, 15) is 4.79 Å². The van der Waals surface area contributed by atoms with Crippen LogP contribution in [0.1, 0.15) is 33.6 Å². The summed E-state index contributed by atoms with van der Waals surface area (Å²) in [5.41, 5.74) is 0.0817. The van der Waals surface area contributed by atoms with Crippen LogP contribution >= 0.6 is 12.4 Å². The molecule has 3 aliphatic rings. The van der Waals surface area contributed by atoms with E-state index in [-0.39, 0.29) is 29.6 Å². The highest BCUT2D eigenvalue weighted by Gasteiger charge is 2.58. The first-order valence-electron chi connectivity index (χ1n) is 7.64. The summed E-state index contributed by atoms with van der Waals surface area (Å²) in [4.78, 5) is 12.4. The van der Waals surface area contributed by atoms with Crippen LogP contribution in [-0.2, 0) is 9.53 Å². The lowest BCUT2D eigenvalue weighted by atomic mass is 9.55. The molecule has 4 unspecified atom stereocenters. The largest absolute Gasteiger partial charge is 0.377 e. The van der Waals surface area contributed by atoms with Crippen LogP contribution in [0.15, 0.2) is 0 Å². The molecule has 3 rings (SSSR count). The minimum Gasteiger partial charge on any atom is -0.377 e. The fourth-order valence-corrected chi connectivity index (χ4v) is 3.98. The molecule has 116 valence electrons. The summed E-state index contributed by atoms with van der Waals surface area (Å²) in [7, 11) is 0. The Labute approximate surface area is 127 Å². The van der Waals surface area contributed by atoms with Crippen molar-refractivity contribution in [1.29, 1.82) is 0 Å². The zero-order valence-corrected chi connectivity index (χ0v) is 13.5. The second kappa shape index (κ2) is 5.82. The minimum atomic E-state index is 0. The Morgan fingerprint density at radius 1 is 1.40 bits per heavy atom. The highest BCUT2D eigenvalue weighted by atomic mass is 35.5. The predicted octanol–water partition coefficient (Wildman–Crippen LogP) is 1.58. The monoisotopic (exact) mass is 302 g/mol. The van der Waals surface area contributed by atoms with Crippen molar-refractivity contribution < 1.29 is 9.53 Å². The van der Waals surface area contributed by atoms with E-state index in [0.717, 1.165) is 26.1 Å². The normalized spacial score (nSPS) is 36.6. The maximum Gasteiger partial charge on any atom is 0.223 e. The number of hydrogen-bond donors (Lipinski definition) is 2.